The minimum atomic E-state index is -0.860. The lowest BCUT2D eigenvalue weighted by Gasteiger charge is -2.29. The van der Waals surface area contributed by atoms with Gasteiger partial charge in [0.2, 0.25) is 5.88 Å². The van der Waals surface area contributed by atoms with E-state index in [-0.39, 0.29) is 28.3 Å². The number of ether oxygens (including phenoxy) is 6. The molecule has 4 rings (SSSR count). The molecular weight excluding hydrogens is 504 g/mol. The van der Waals surface area contributed by atoms with Crippen molar-refractivity contribution < 1.29 is 33.2 Å². The minimum absolute atomic E-state index is 0.0320. The zero-order valence-corrected chi connectivity index (χ0v) is 22.8. The molecule has 1 aliphatic rings. The Labute approximate surface area is 226 Å². The first-order valence-corrected chi connectivity index (χ1v) is 12.2. The number of pyridine rings is 1. The second-order valence-corrected chi connectivity index (χ2v) is 8.88. The molecule has 0 spiro atoms. The predicted molar refractivity (Wildman–Crippen MR) is 144 cm³/mol. The molecule has 0 amide bonds. The molecule has 0 radical (unpaired) electrons. The van der Waals surface area contributed by atoms with Crippen molar-refractivity contribution in [2.24, 2.45) is 5.73 Å². The summed E-state index contributed by atoms with van der Waals surface area (Å²) >= 11 is 0. The maximum Gasteiger partial charge on any atom is 0.340 e. The third kappa shape index (κ3) is 5.09. The van der Waals surface area contributed by atoms with Gasteiger partial charge in [0.25, 0.3) is 5.56 Å². The van der Waals surface area contributed by atoms with Gasteiger partial charge >= 0.3 is 5.97 Å². The van der Waals surface area contributed by atoms with E-state index < -0.39 is 11.9 Å². The molecule has 1 aliphatic heterocycles. The lowest BCUT2D eigenvalue weighted by Crippen LogP contribution is -2.35. The van der Waals surface area contributed by atoms with Gasteiger partial charge in [-0.3, -0.25) is 4.79 Å². The van der Waals surface area contributed by atoms with Crippen LogP contribution in [0.5, 0.6) is 28.7 Å². The third-order valence-electron chi connectivity index (χ3n) is 6.79. The predicted octanol–water partition coefficient (Wildman–Crippen LogP) is 3.30. The number of hydrogen-bond acceptors (Lipinski definition) is 9. The second kappa shape index (κ2) is 11.4. The van der Waals surface area contributed by atoms with Crippen molar-refractivity contribution in [2.45, 2.75) is 25.8 Å². The highest BCUT2D eigenvalue weighted by molar-refractivity contribution is 5.92. The van der Waals surface area contributed by atoms with Crippen molar-refractivity contribution in [3.05, 3.63) is 86.7 Å². The number of aromatic nitrogens is 1. The highest BCUT2D eigenvalue weighted by Gasteiger charge is 2.38. The molecule has 2 aromatic carbocycles. The molecule has 10 nitrogen and oxygen atoms in total. The molecule has 0 saturated carbocycles. The molecule has 0 aliphatic carbocycles. The lowest BCUT2D eigenvalue weighted by molar-refractivity contribution is -0.136. The summed E-state index contributed by atoms with van der Waals surface area (Å²) in [5, 5.41) is 0. The maximum absolute atomic E-state index is 14.1. The van der Waals surface area contributed by atoms with Crippen LogP contribution < -0.4 is 35.0 Å². The zero-order chi connectivity index (χ0) is 28.3. The van der Waals surface area contributed by atoms with E-state index in [1.807, 2.05) is 25.1 Å². The Bertz CT molecular complexity index is 1490. The van der Waals surface area contributed by atoms with Gasteiger partial charge < -0.3 is 38.7 Å². The van der Waals surface area contributed by atoms with Crippen LogP contribution in [0.2, 0.25) is 0 Å². The number of fused-ring (bicyclic) bond motifs is 1. The molecule has 1 atom stereocenters. The van der Waals surface area contributed by atoms with Crippen LogP contribution in [0, 0.1) is 6.92 Å². The summed E-state index contributed by atoms with van der Waals surface area (Å²) in [5.74, 6) is 0.762. The SMILES string of the molecule is COC(=O)C1=C(N)Oc2cc(C)n(CCc3ccc(OC)c(OC)c3)c(=O)c2C1c1ccc(OC)c(OC)c1. The summed E-state index contributed by atoms with van der Waals surface area (Å²) in [5.41, 5.74) is 8.45. The number of hydrogen-bond donors (Lipinski definition) is 1. The van der Waals surface area contributed by atoms with Gasteiger partial charge in [0.05, 0.1) is 47.0 Å². The fourth-order valence-electron chi connectivity index (χ4n) is 4.82. The molecular formula is C29H32N2O8. The van der Waals surface area contributed by atoms with Crippen LogP contribution in [0.15, 0.2) is 58.7 Å². The van der Waals surface area contributed by atoms with E-state index >= 15 is 0 Å². The van der Waals surface area contributed by atoms with E-state index in [2.05, 4.69) is 0 Å². The number of esters is 1. The molecule has 0 bridgehead atoms. The van der Waals surface area contributed by atoms with E-state index in [0.717, 1.165) is 5.56 Å². The molecule has 0 fully saturated rings. The van der Waals surface area contributed by atoms with Gasteiger partial charge in [-0.15, -0.1) is 0 Å². The van der Waals surface area contributed by atoms with Crippen LogP contribution in [0.25, 0.3) is 0 Å². The summed E-state index contributed by atoms with van der Waals surface area (Å²) in [6.45, 7) is 2.19. The molecule has 39 heavy (non-hydrogen) atoms. The maximum atomic E-state index is 14.1. The molecule has 2 N–H and O–H groups in total. The average Bonchev–Trinajstić information content (AvgIpc) is 2.95. The monoisotopic (exact) mass is 536 g/mol. The van der Waals surface area contributed by atoms with Gasteiger partial charge in [0.1, 0.15) is 11.3 Å². The van der Waals surface area contributed by atoms with Gasteiger partial charge in [-0.05, 0) is 48.7 Å². The Morgan fingerprint density at radius 2 is 1.51 bits per heavy atom. The zero-order valence-electron chi connectivity index (χ0n) is 22.8. The Morgan fingerprint density at radius 3 is 2.13 bits per heavy atom. The molecule has 1 aromatic heterocycles. The second-order valence-electron chi connectivity index (χ2n) is 8.88. The molecule has 1 unspecified atom stereocenters. The van der Waals surface area contributed by atoms with Crippen molar-refractivity contribution in [1.29, 1.82) is 0 Å². The highest BCUT2D eigenvalue weighted by Crippen LogP contribution is 2.43. The van der Waals surface area contributed by atoms with Crippen LogP contribution >= 0.6 is 0 Å². The molecule has 206 valence electrons. The normalized spacial score (nSPS) is 14.3. The van der Waals surface area contributed by atoms with Crippen LogP contribution in [-0.4, -0.2) is 46.1 Å². The van der Waals surface area contributed by atoms with Crippen LogP contribution in [0.1, 0.15) is 28.3 Å². The number of benzene rings is 2. The number of aryl methyl sites for hydroxylation is 2. The molecule has 0 saturated heterocycles. The van der Waals surface area contributed by atoms with Crippen LogP contribution in [-0.2, 0) is 22.5 Å². The van der Waals surface area contributed by atoms with Gasteiger partial charge in [-0.25, -0.2) is 4.79 Å². The fraction of sp³-hybridized carbons (Fsp3) is 0.310. The quantitative estimate of drug-likeness (QED) is 0.411. The molecule has 10 heteroatoms. The summed E-state index contributed by atoms with van der Waals surface area (Å²) in [4.78, 5) is 27.0. The number of carbonyl (C=O) groups is 1. The van der Waals surface area contributed by atoms with Gasteiger partial charge in [0, 0.05) is 18.3 Å². The van der Waals surface area contributed by atoms with Crippen molar-refractivity contribution in [3.63, 3.8) is 0 Å². The lowest BCUT2D eigenvalue weighted by atomic mass is 9.83. The molecule has 3 aromatic rings. The number of rotatable bonds is 9. The van der Waals surface area contributed by atoms with Crippen molar-refractivity contribution in [2.75, 3.05) is 35.5 Å². The fourth-order valence-corrected chi connectivity index (χ4v) is 4.82. The van der Waals surface area contributed by atoms with E-state index in [4.69, 9.17) is 34.2 Å². The first kappa shape index (κ1) is 27.4. The summed E-state index contributed by atoms with van der Waals surface area (Å²) in [6, 6.07) is 12.6. The minimum Gasteiger partial charge on any atom is -0.493 e. The van der Waals surface area contributed by atoms with Crippen molar-refractivity contribution in [1.82, 2.24) is 4.57 Å². The van der Waals surface area contributed by atoms with Crippen molar-refractivity contribution >= 4 is 5.97 Å². The number of nitrogens with two attached hydrogens (primary N) is 1. The van der Waals surface area contributed by atoms with E-state index in [1.165, 1.54) is 21.3 Å². The van der Waals surface area contributed by atoms with Gasteiger partial charge in [-0.2, -0.15) is 0 Å². The Morgan fingerprint density at radius 1 is 0.897 bits per heavy atom. The summed E-state index contributed by atoms with van der Waals surface area (Å²) < 4.78 is 34.1. The Balaban J connectivity index is 1.83. The first-order valence-electron chi connectivity index (χ1n) is 12.2. The largest absolute Gasteiger partial charge is 0.493 e. The Hall–Kier alpha value is -4.60. The topological polar surface area (TPSA) is 120 Å². The average molecular weight is 537 g/mol. The number of nitrogens with zero attached hydrogens (tertiary/aromatic N) is 1. The number of methoxy groups -OCH3 is 5. The van der Waals surface area contributed by atoms with Crippen LogP contribution in [0.4, 0.5) is 0 Å². The third-order valence-corrected chi connectivity index (χ3v) is 6.79. The van der Waals surface area contributed by atoms with E-state index in [1.54, 1.807) is 43.1 Å². The molecule has 2 heterocycles. The summed E-state index contributed by atoms with van der Waals surface area (Å²) in [7, 11) is 7.44. The smallest absolute Gasteiger partial charge is 0.340 e. The van der Waals surface area contributed by atoms with E-state index in [9.17, 15) is 9.59 Å². The van der Waals surface area contributed by atoms with Crippen molar-refractivity contribution in [3.8, 4) is 28.7 Å². The summed E-state index contributed by atoms with van der Waals surface area (Å²) in [6.07, 6.45) is 0.545. The van der Waals surface area contributed by atoms with Crippen LogP contribution in [0.3, 0.4) is 0 Å². The Kier molecular flexibility index (Phi) is 8.04. The number of carbonyl (C=O) groups excluding carboxylic acids is 1. The van der Waals surface area contributed by atoms with Gasteiger partial charge in [-0.1, -0.05) is 12.1 Å². The van der Waals surface area contributed by atoms with Gasteiger partial charge in [0.15, 0.2) is 23.0 Å². The first-order chi connectivity index (χ1) is 18.8. The highest BCUT2D eigenvalue weighted by atomic mass is 16.5. The standard InChI is InChI=1S/C29H32N2O8/c1-16-13-23-25(28(32)31(16)12-11-17-7-9-19(34-2)21(14-17)36-4)24(26(27(30)39-23)29(33)38-6)18-8-10-20(35-3)22(15-18)37-5/h7-10,13-15,24H,11-12,30H2,1-6H3. The van der Waals surface area contributed by atoms with E-state index in [0.29, 0.717) is 47.2 Å².